The Morgan fingerprint density at radius 1 is 1.21 bits per heavy atom. The van der Waals surface area contributed by atoms with Gasteiger partial charge in [-0.3, -0.25) is 10.1 Å². The van der Waals surface area contributed by atoms with Crippen LogP contribution >= 0.6 is 11.6 Å². The van der Waals surface area contributed by atoms with Gasteiger partial charge in [0.2, 0.25) is 0 Å². The van der Waals surface area contributed by atoms with Crippen LogP contribution in [0.3, 0.4) is 0 Å². The standard InChI is InChI=1S/C14H12ClNO3/c1-10-2-5-12(16(17)18)8-14(10)19-13-6-3-11(9-15)4-7-13/h2-8H,9H2,1H3. The van der Waals surface area contributed by atoms with E-state index in [0.29, 0.717) is 17.4 Å². The SMILES string of the molecule is Cc1ccc([N+](=O)[O-])cc1Oc1ccc(CCl)cc1. The van der Waals surface area contributed by atoms with Gasteiger partial charge >= 0.3 is 0 Å². The Labute approximate surface area is 115 Å². The van der Waals surface area contributed by atoms with E-state index in [9.17, 15) is 10.1 Å². The molecule has 5 heteroatoms. The van der Waals surface area contributed by atoms with Crippen molar-refractivity contribution in [3.8, 4) is 11.5 Å². The maximum atomic E-state index is 10.7. The molecule has 0 amide bonds. The third-order valence-corrected chi connectivity index (χ3v) is 3.00. The number of hydrogen-bond donors (Lipinski definition) is 0. The average Bonchev–Trinajstić information content (AvgIpc) is 2.42. The molecule has 0 saturated carbocycles. The summed E-state index contributed by atoms with van der Waals surface area (Å²) in [5, 5.41) is 10.7. The lowest BCUT2D eigenvalue weighted by molar-refractivity contribution is -0.384. The van der Waals surface area contributed by atoms with Crippen LogP contribution in [0.4, 0.5) is 5.69 Å². The van der Waals surface area contributed by atoms with Crippen molar-refractivity contribution in [1.82, 2.24) is 0 Å². The Morgan fingerprint density at radius 2 is 1.89 bits per heavy atom. The van der Waals surface area contributed by atoms with Gasteiger partial charge in [0.25, 0.3) is 5.69 Å². The fourth-order valence-electron chi connectivity index (χ4n) is 1.59. The molecular formula is C14H12ClNO3. The largest absolute Gasteiger partial charge is 0.457 e. The van der Waals surface area contributed by atoms with Crippen LogP contribution in [0.2, 0.25) is 0 Å². The summed E-state index contributed by atoms with van der Waals surface area (Å²) in [5.41, 5.74) is 1.84. The van der Waals surface area contributed by atoms with Crippen LogP contribution in [0.15, 0.2) is 42.5 Å². The van der Waals surface area contributed by atoms with Crippen LogP contribution in [0.1, 0.15) is 11.1 Å². The van der Waals surface area contributed by atoms with Gasteiger partial charge in [0.05, 0.1) is 11.0 Å². The molecule has 0 fully saturated rings. The Balaban J connectivity index is 2.26. The first-order valence-electron chi connectivity index (χ1n) is 5.68. The second-order valence-corrected chi connectivity index (χ2v) is 4.35. The highest BCUT2D eigenvalue weighted by molar-refractivity contribution is 6.17. The number of nitrogens with zero attached hydrogens (tertiary/aromatic N) is 1. The van der Waals surface area contributed by atoms with Crippen molar-refractivity contribution in [2.75, 3.05) is 0 Å². The molecule has 2 aromatic carbocycles. The highest BCUT2D eigenvalue weighted by atomic mass is 35.5. The number of rotatable bonds is 4. The molecule has 98 valence electrons. The van der Waals surface area contributed by atoms with Crippen LogP contribution in [-0.4, -0.2) is 4.92 Å². The highest BCUT2D eigenvalue weighted by Gasteiger charge is 2.10. The van der Waals surface area contributed by atoms with Gasteiger partial charge in [-0.2, -0.15) is 0 Å². The first-order valence-corrected chi connectivity index (χ1v) is 6.21. The van der Waals surface area contributed by atoms with Crippen LogP contribution in [0.5, 0.6) is 11.5 Å². The minimum atomic E-state index is -0.442. The van der Waals surface area contributed by atoms with E-state index >= 15 is 0 Å². The predicted octanol–water partition coefficient (Wildman–Crippen LogP) is 4.43. The summed E-state index contributed by atoms with van der Waals surface area (Å²) >= 11 is 5.70. The van der Waals surface area contributed by atoms with E-state index in [1.54, 1.807) is 18.2 Å². The third kappa shape index (κ3) is 3.23. The van der Waals surface area contributed by atoms with Crippen molar-refractivity contribution in [1.29, 1.82) is 0 Å². The number of hydrogen-bond acceptors (Lipinski definition) is 3. The normalized spacial score (nSPS) is 10.2. The molecule has 0 unspecified atom stereocenters. The molecule has 0 bridgehead atoms. The molecule has 0 aliphatic carbocycles. The van der Waals surface area contributed by atoms with Gasteiger partial charge in [0.1, 0.15) is 11.5 Å². The molecule has 0 radical (unpaired) electrons. The summed E-state index contributed by atoms with van der Waals surface area (Å²) < 4.78 is 5.65. The summed E-state index contributed by atoms with van der Waals surface area (Å²) in [6.07, 6.45) is 0. The average molecular weight is 278 g/mol. The minimum absolute atomic E-state index is 0.0120. The van der Waals surface area contributed by atoms with E-state index < -0.39 is 4.92 Å². The first-order chi connectivity index (χ1) is 9.10. The molecule has 2 aromatic rings. The molecule has 2 rings (SSSR count). The molecule has 4 nitrogen and oxygen atoms in total. The zero-order valence-corrected chi connectivity index (χ0v) is 11.1. The van der Waals surface area contributed by atoms with E-state index in [4.69, 9.17) is 16.3 Å². The third-order valence-electron chi connectivity index (χ3n) is 2.69. The van der Waals surface area contributed by atoms with E-state index in [0.717, 1.165) is 11.1 Å². The molecule has 0 atom stereocenters. The van der Waals surface area contributed by atoms with E-state index in [2.05, 4.69) is 0 Å². The van der Waals surface area contributed by atoms with Crippen molar-refractivity contribution in [3.05, 3.63) is 63.7 Å². The molecule has 0 aliphatic rings. The van der Waals surface area contributed by atoms with E-state index in [1.165, 1.54) is 12.1 Å². The Kier molecular flexibility index (Phi) is 4.02. The fourth-order valence-corrected chi connectivity index (χ4v) is 1.76. The molecule has 0 heterocycles. The summed E-state index contributed by atoms with van der Waals surface area (Å²) in [6, 6.07) is 11.8. The van der Waals surface area contributed by atoms with Crippen molar-refractivity contribution in [2.24, 2.45) is 0 Å². The lowest BCUT2D eigenvalue weighted by Crippen LogP contribution is -1.92. The highest BCUT2D eigenvalue weighted by Crippen LogP contribution is 2.29. The monoisotopic (exact) mass is 277 g/mol. The summed E-state index contributed by atoms with van der Waals surface area (Å²) in [6.45, 7) is 1.84. The number of nitro benzene ring substituents is 1. The number of nitro groups is 1. The van der Waals surface area contributed by atoms with Gasteiger partial charge in [-0.15, -0.1) is 11.6 Å². The smallest absolute Gasteiger partial charge is 0.273 e. The fraction of sp³-hybridized carbons (Fsp3) is 0.143. The van der Waals surface area contributed by atoms with E-state index in [-0.39, 0.29) is 5.69 Å². The topological polar surface area (TPSA) is 52.4 Å². The Hall–Kier alpha value is -2.07. The number of non-ortho nitro benzene ring substituents is 1. The summed E-state index contributed by atoms with van der Waals surface area (Å²) in [5.74, 6) is 1.54. The summed E-state index contributed by atoms with van der Waals surface area (Å²) in [4.78, 5) is 10.3. The minimum Gasteiger partial charge on any atom is -0.457 e. The van der Waals surface area contributed by atoms with Crippen LogP contribution in [-0.2, 0) is 5.88 Å². The van der Waals surface area contributed by atoms with Gasteiger partial charge in [0, 0.05) is 11.9 Å². The predicted molar refractivity (Wildman–Crippen MR) is 73.9 cm³/mol. The molecule has 0 aromatic heterocycles. The van der Waals surface area contributed by atoms with Crippen molar-refractivity contribution in [2.45, 2.75) is 12.8 Å². The van der Waals surface area contributed by atoms with Crippen LogP contribution in [0.25, 0.3) is 0 Å². The van der Waals surface area contributed by atoms with Gasteiger partial charge in [-0.05, 0) is 36.2 Å². The molecule has 0 aliphatic heterocycles. The molecule has 0 spiro atoms. The van der Waals surface area contributed by atoms with Crippen molar-refractivity contribution in [3.63, 3.8) is 0 Å². The maximum absolute atomic E-state index is 10.7. The first kappa shape index (κ1) is 13.4. The molecule has 0 N–H and O–H groups in total. The zero-order valence-electron chi connectivity index (χ0n) is 10.3. The van der Waals surface area contributed by atoms with Crippen LogP contribution < -0.4 is 4.74 Å². The quantitative estimate of drug-likeness (QED) is 0.472. The maximum Gasteiger partial charge on any atom is 0.273 e. The molecule has 0 saturated heterocycles. The molecular weight excluding hydrogens is 266 g/mol. The Morgan fingerprint density at radius 3 is 2.47 bits per heavy atom. The van der Waals surface area contributed by atoms with Gasteiger partial charge in [-0.1, -0.05) is 12.1 Å². The number of alkyl halides is 1. The van der Waals surface area contributed by atoms with Crippen molar-refractivity contribution < 1.29 is 9.66 Å². The van der Waals surface area contributed by atoms with E-state index in [1.807, 2.05) is 19.1 Å². The van der Waals surface area contributed by atoms with Gasteiger partial charge in [0.15, 0.2) is 0 Å². The van der Waals surface area contributed by atoms with Crippen LogP contribution in [0, 0.1) is 17.0 Å². The number of halogens is 1. The summed E-state index contributed by atoms with van der Waals surface area (Å²) in [7, 11) is 0. The zero-order chi connectivity index (χ0) is 13.8. The second kappa shape index (κ2) is 5.71. The lowest BCUT2D eigenvalue weighted by atomic mass is 10.2. The molecule has 19 heavy (non-hydrogen) atoms. The van der Waals surface area contributed by atoms with Crippen molar-refractivity contribution >= 4 is 17.3 Å². The number of ether oxygens (including phenoxy) is 1. The Bertz CT molecular complexity index is 596. The number of benzene rings is 2. The van der Waals surface area contributed by atoms with Gasteiger partial charge in [-0.25, -0.2) is 0 Å². The number of aryl methyl sites for hydroxylation is 1. The lowest BCUT2D eigenvalue weighted by Gasteiger charge is -2.08. The van der Waals surface area contributed by atoms with Gasteiger partial charge < -0.3 is 4.74 Å². The second-order valence-electron chi connectivity index (χ2n) is 4.09.